The fourth-order valence-electron chi connectivity index (χ4n) is 4.24. The standard InChI is InChI=1S/C18H28P2.2C2H4O2.Pd/c1-13-9-10-14(2)19(13)17-7-5-6-8-18(17)20-15(3)11-12-16(20)4;2*1-2(3)4;/h5-8,13-16H,9-12H2,1-4H3;2*1H3,(H,3,4);/t13-,14-,15-,16-;;;/m1.../s1. The van der Waals surface area contributed by atoms with Crippen LogP contribution in [0.2, 0.25) is 0 Å². The topological polar surface area (TPSA) is 74.6 Å². The molecule has 2 N–H and O–H groups in total. The summed E-state index contributed by atoms with van der Waals surface area (Å²) < 4.78 is 0. The Morgan fingerprint density at radius 2 is 0.931 bits per heavy atom. The quantitative estimate of drug-likeness (QED) is 0.404. The molecule has 0 amide bonds. The van der Waals surface area contributed by atoms with Gasteiger partial charge in [0, 0.05) is 34.3 Å². The summed E-state index contributed by atoms with van der Waals surface area (Å²) in [5, 5.41) is 18.4. The number of carbonyl (C=O) groups is 2. The Morgan fingerprint density at radius 1 is 0.724 bits per heavy atom. The van der Waals surface area contributed by atoms with Crippen LogP contribution in [0.25, 0.3) is 0 Å². The zero-order chi connectivity index (χ0) is 21.4. The molecule has 0 unspecified atom stereocenters. The van der Waals surface area contributed by atoms with Crippen LogP contribution >= 0.6 is 15.8 Å². The van der Waals surface area contributed by atoms with Crippen LogP contribution in [0.1, 0.15) is 67.2 Å². The number of carboxylic acid groups (broad SMARTS) is 2. The molecule has 4 atom stereocenters. The van der Waals surface area contributed by atoms with Crippen molar-refractivity contribution in [2.24, 2.45) is 0 Å². The van der Waals surface area contributed by atoms with Gasteiger partial charge in [0.15, 0.2) is 0 Å². The van der Waals surface area contributed by atoms with Gasteiger partial charge in [0.25, 0.3) is 11.9 Å². The fraction of sp³-hybridized carbons (Fsp3) is 0.636. The van der Waals surface area contributed by atoms with Gasteiger partial charge in [-0.05, 0) is 58.9 Å². The van der Waals surface area contributed by atoms with E-state index in [1.165, 1.54) is 25.7 Å². The van der Waals surface area contributed by atoms with E-state index in [-0.39, 0.29) is 36.3 Å². The molecule has 7 heteroatoms. The van der Waals surface area contributed by atoms with Gasteiger partial charge in [0.1, 0.15) is 0 Å². The zero-order valence-corrected chi connectivity index (χ0v) is 21.7. The van der Waals surface area contributed by atoms with Gasteiger partial charge in [-0.2, -0.15) is 0 Å². The Morgan fingerprint density at radius 3 is 1.14 bits per heavy atom. The first-order valence-electron chi connectivity index (χ1n) is 10.1. The van der Waals surface area contributed by atoms with Crippen molar-refractivity contribution in [1.82, 2.24) is 0 Å². The van der Waals surface area contributed by atoms with Crippen LogP contribution in [0.4, 0.5) is 0 Å². The Hall–Kier alpha value is -0.318. The molecule has 0 spiro atoms. The normalized spacial score (nSPS) is 26.4. The van der Waals surface area contributed by atoms with Crippen LogP contribution in [-0.4, -0.2) is 44.8 Å². The summed E-state index contributed by atoms with van der Waals surface area (Å²) in [7, 11) is 0.157. The van der Waals surface area contributed by atoms with Crippen molar-refractivity contribution < 1.29 is 40.2 Å². The number of aliphatic carboxylic acids is 2. The van der Waals surface area contributed by atoms with Gasteiger partial charge < -0.3 is 10.2 Å². The summed E-state index contributed by atoms with van der Waals surface area (Å²) in [5.74, 6) is -1.67. The first kappa shape index (κ1) is 28.7. The van der Waals surface area contributed by atoms with Crippen molar-refractivity contribution in [3.05, 3.63) is 24.3 Å². The summed E-state index contributed by atoms with van der Waals surface area (Å²) in [6.45, 7) is 12.2. The molecule has 0 aliphatic carbocycles. The van der Waals surface area contributed by atoms with E-state index in [9.17, 15) is 0 Å². The van der Waals surface area contributed by atoms with E-state index in [0.29, 0.717) is 0 Å². The van der Waals surface area contributed by atoms with Crippen molar-refractivity contribution in [3.63, 3.8) is 0 Å². The van der Waals surface area contributed by atoms with E-state index in [2.05, 4.69) is 52.0 Å². The molecule has 29 heavy (non-hydrogen) atoms. The average molecular weight is 533 g/mol. The predicted octanol–water partition coefficient (Wildman–Crippen LogP) is 5.22. The largest absolute Gasteiger partial charge is 0.481 e. The van der Waals surface area contributed by atoms with E-state index >= 15 is 0 Å². The van der Waals surface area contributed by atoms with E-state index in [0.717, 1.165) is 36.5 Å². The molecule has 0 saturated carbocycles. The predicted molar refractivity (Wildman–Crippen MR) is 122 cm³/mol. The molecule has 2 aliphatic heterocycles. The third-order valence-electron chi connectivity index (χ3n) is 5.34. The third-order valence-corrected chi connectivity index (χ3v) is 12.2. The Kier molecular flexibility index (Phi) is 13.7. The minimum atomic E-state index is -0.833. The van der Waals surface area contributed by atoms with Gasteiger partial charge in [0.05, 0.1) is 0 Å². The molecule has 0 aromatic heterocycles. The molecule has 168 valence electrons. The smallest absolute Gasteiger partial charge is 0.300 e. The molecule has 1 aromatic rings. The van der Waals surface area contributed by atoms with Gasteiger partial charge in [-0.3, -0.25) is 9.59 Å². The Bertz CT molecular complexity index is 572. The number of hydrogen-bond acceptors (Lipinski definition) is 2. The molecule has 2 fully saturated rings. The maximum absolute atomic E-state index is 9.00. The second-order valence-corrected chi connectivity index (χ2v) is 14.0. The van der Waals surface area contributed by atoms with Crippen molar-refractivity contribution in [2.75, 3.05) is 0 Å². The molecule has 2 saturated heterocycles. The molecule has 2 aliphatic rings. The van der Waals surface area contributed by atoms with Crippen molar-refractivity contribution in [2.45, 2.75) is 89.9 Å². The third kappa shape index (κ3) is 9.15. The van der Waals surface area contributed by atoms with Crippen LogP contribution in [0.15, 0.2) is 24.3 Å². The molecule has 3 rings (SSSR count). The van der Waals surface area contributed by atoms with Crippen LogP contribution in [0.5, 0.6) is 0 Å². The van der Waals surface area contributed by atoms with E-state index in [1.807, 2.05) is 0 Å². The number of carboxylic acids is 2. The summed E-state index contributed by atoms with van der Waals surface area (Å²) in [6, 6.07) is 9.55. The molecule has 2 heterocycles. The molecular formula is C22H36O4P2Pd. The van der Waals surface area contributed by atoms with Crippen molar-refractivity contribution in [1.29, 1.82) is 0 Å². The van der Waals surface area contributed by atoms with Crippen molar-refractivity contribution >= 4 is 38.4 Å². The first-order valence-corrected chi connectivity index (χ1v) is 13.1. The SMILES string of the molecule is CC(=O)O.CC(=O)O.C[C@@H]1CC[C@@H](C)P1c1ccccc1P1[C@H](C)CC[C@H]1C.[Pd]. The van der Waals surface area contributed by atoms with Crippen LogP contribution in [0, 0.1) is 0 Å². The molecule has 0 bridgehead atoms. The Labute approximate surface area is 192 Å². The first-order chi connectivity index (χ1) is 13.1. The van der Waals surface area contributed by atoms with Crippen LogP contribution < -0.4 is 10.6 Å². The molecule has 4 nitrogen and oxygen atoms in total. The average Bonchev–Trinajstić information content (AvgIpc) is 3.08. The van der Waals surface area contributed by atoms with Gasteiger partial charge in [0.2, 0.25) is 0 Å². The second kappa shape index (κ2) is 13.9. The summed E-state index contributed by atoms with van der Waals surface area (Å²) in [5.41, 5.74) is 3.74. The van der Waals surface area contributed by atoms with Gasteiger partial charge in [-0.15, -0.1) is 0 Å². The molecule has 0 radical (unpaired) electrons. The number of hydrogen-bond donors (Lipinski definition) is 2. The van der Waals surface area contributed by atoms with E-state index < -0.39 is 11.9 Å². The summed E-state index contributed by atoms with van der Waals surface area (Å²) in [4.78, 5) is 18.0. The minimum absolute atomic E-state index is 0. The minimum Gasteiger partial charge on any atom is -0.481 e. The van der Waals surface area contributed by atoms with E-state index in [1.54, 1.807) is 10.6 Å². The Balaban J connectivity index is 0.000000752. The van der Waals surface area contributed by atoms with Gasteiger partial charge in [-0.1, -0.05) is 67.8 Å². The second-order valence-electron chi connectivity index (χ2n) is 7.89. The van der Waals surface area contributed by atoms with Gasteiger partial charge >= 0.3 is 0 Å². The summed E-state index contributed by atoms with van der Waals surface area (Å²) >= 11 is 0. The van der Waals surface area contributed by atoms with E-state index in [4.69, 9.17) is 19.8 Å². The monoisotopic (exact) mass is 532 g/mol. The number of benzene rings is 1. The summed E-state index contributed by atoms with van der Waals surface area (Å²) in [6.07, 6.45) is 5.79. The van der Waals surface area contributed by atoms with Crippen LogP contribution in [0.3, 0.4) is 0 Å². The zero-order valence-electron chi connectivity index (χ0n) is 18.4. The fourth-order valence-corrected chi connectivity index (χ4v) is 11.5. The molecule has 1 aromatic carbocycles. The molecular weight excluding hydrogens is 497 g/mol. The van der Waals surface area contributed by atoms with Crippen LogP contribution in [-0.2, 0) is 30.0 Å². The van der Waals surface area contributed by atoms with Crippen molar-refractivity contribution in [3.8, 4) is 0 Å². The maximum atomic E-state index is 9.00. The maximum Gasteiger partial charge on any atom is 0.300 e. The van der Waals surface area contributed by atoms with Gasteiger partial charge in [-0.25, -0.2) is 0 Å². The number of rotatable bonds is 2.